The first-order chi connectivity index (χ1) is 14.2. The Hall–Kier alpha value is -3.33. The molecule has 4 heterocycles. The third-order valence-electron chi connectivity index (χ3n) is 4.51. The molecule has 1 fully saturated rings. The van der Waals surface area contributed by atoms with Gasteiger partial charge in [-0.15, -0.1) is 11.3 Å². The number of hydrogen-bond acceptors (Lipinski definition) is 6. The van der Waals surface area contributed by atoms with E-state index in [4.69, 9.17) is 0 Å². The number of urea groups is 1. The van der Waals surface area contributed by atoms with Crippen LogP contribution in [0, 0.1) is 0 Å². The second kappa shape index (κ2) is 8.78. The van der Waals surface area contributed by atoms with Gasteiger partial charge in [-0.05, 0) is 43.5 Å². The second-order valence-electron chi connectivity index (χ2n) is 6.62. The van der Waals surface area contributed by atoms with Gasteiger partial charge in [-0.1, -0.05) is 6.07 Å². The van der Waals surface area contributed by atoms with Gasteiger partial charge in [0.1, 0.15) is 22.3 Å². The molecule has 0 saturated carbocycles. The van der Waals surface area contributed by atoms with E-state index in [1.165, 1.54) is 11.3 Å². The molecule has 8 nitrogen and oxygen atoms in total. The molecular formula is C20H20N6O2S. The molecule has 29 heavy (non-hydrogen) atoms. The maximum atomic E-state index is 12.6. The van der Waals surface area contributed by atoms with E-state index in [1.54, 1.807) is 36.0 Å². The number of carbonyl (C=O) groups is 2. The Labute approximate surface area is 172 Å². The molecule has 0 unspecified atom stereocenters. The van der Waals surface area contributed by atoms with Crippen LogP contribution in [-0.2, 0) is 0 Å². The van der Waals surface area contributed by atoms with Gasteiger partial charge >= 0.3 is 6.03 Å². The van der Waals surface area contributed by atoms with Crippen LogP contribution >= 0.6 is 11.3 Å². The van der Waals surface area contributed by atoms with Crippen molar-refractivity contribution in [2.45, 2.75) is 19.3 Å². The number of aromatic nitrogens is 3. The van der Waals surface area contributed by atoms with Crippen molar-refractivity contribution in [3.63, 3.8) is 0 Å². The van der Waals surface area contributed by atoms with Gasteiger partial charge in [-0.3, -0.25) is 20.4 Å². The minimum atomic E-state index is -0.469. The molecule has 9 heteroatoms. The van der Waals surface area contributed by atoms with E-state index in [2.05, 4.69) is 25.6 Å². The topological polar surface area (TPSA) is 100 Å². The summed E-state index contributed by atoms with van der Waals surface area (Å²) in [5.41, 5.74) is 1.22. The van der Waals surface area contributed by atoms with E-state index in [0.29, 0.717) is 17.3 Å². The smallest absolute Gasteiger partial charge is 0.326 e. The van der Waals surface area contributed by atoms with Gasteiger partial charge in [0.25, 0.3) is 5.91 Å². The lowest BCUT2D eigenvalue weighted by atomic mass is 10.1. The average Bonchev–Trinajstić information content (AvgIpc) is 3.23. The molecule has 3 aromatic rings. The Morgan fingerprint density at radius 1 is 0.966 bits per heavy atom. The molecule has 3 amide bonds. The molecule has 1 aliphatic rings. The minimum absolute atomic E-state index is 0.102. The molecule has 0 radical (unpaired) electrons. The quantitative estimate of drug-likeness (QED) is 0.683. The van der Waals surface area contributed by atoms with Gasteiger partial charge in [0, 0.05) is 36.4 Å². The van der Waals surface area contributed by atoms with Gasteiger partial charge < -0.3 is 4.90 Å². The SMILES string of the molecule is O=C(Nc1cccc(C(=O)N2CCCCC2)n1)Nc1csc(-c2cccnc2)n1. The van der Waals surface area contributed by atoms with Crippen molar-refractivity contribution < 1.29 is 9.59 Å². The zero-order valence-corrected chi connectivity index (χ0v) is 16.5. The van der Waals surface area contributed by atoms with Crippen LogP contribution < -0.4 is 10.6 Å². The van der Waals surface area contributed by atoms with Crippen molar-refractivity contribution in [3.05, 3.63) is 53.8 Å². The fourth-order valence-corrected chi connectivity index (χ4v) is 3.84. The number of rotatable bonds is 4. The van der Waals surface area contributed by atoms with Gasteiger partial charge in [-0.25, -0.2) is 14.8 Å². The fourth-order valence-electron chi connectivity index (χ4n) is 3.10. The first-order valence-corrected chi connectivity index (χ1v) is 10.3. The summed E-state index contributed by atoms with van der Waals surface area (Å²) in [5, 5.41) is 7.86. The van der Waals surface area contributed by atoms with Gasteiger partial charge in [0.05, 0.1) is 0 Å². The maximum Gasteiger partial charge on any atom is 0.326 e. The lowest BCUT2D eigenvalue weighted by molar-refractivity contribution is 0.0718. The van der Waals surface area contributed by atoms with E-state index >= 15 is 0 Å². The molecule has 2 N–H and O–H groups in total. The number of hydrogen-bond donors (Lipinski definition) is 2. The van der Waals surface area contributed by atoms with E-state index in [-0.39, 0.29) is 5.91 Å². The van der Waals surface area contributed by atoms with E-state index in [9.17, 15) is 9.59 Å². The number of pyridine rings is 2. The van der Waals surface area contributed by atoms with Crippen molar-refractivity contribution >= 4 is 34.9 Å². The van der Waals surface area contributed by atoms with E-state index in [1.807, 2.05) is 17.0 Å². The Morgan fingerprint density at radius 2 is 1.79 bits per heavy atom. The van der Waals surface area contributed by atoms with Gasteiger partial charge in [0.15, 0.2) is 0 Å². The molecule has 1 saturated heterocycles. The predicted molar refractivity (Wildman–Crippen MR) is 112 cm³/mol. The zero-order chi connectivity index (χ0) is 20.1. The van der Waals surface area contributed by atoms with Crippen molar-refractivity contribution in [1.29, 1.82) is 0 Å². The molecule has 0 bridgehead atoms. The molecule has 148 valence electrons. The summed E-state index contributed by atoms with van der Waals surface area (Å²) in [6.07, 6.45) is 6.60. The van der Waals surface area contributed by atoms with Crippen molar-refractivity contribution in [1.82, 2.24) is 19.9 Å². The number of amides is 3. The zero-order valence-electron chi connectivity index (χ0n) is 15.7. The minimum Gasteiger partial charge on any atom is -0.337 e. The van der Waals surface area contributed by atoms with Crippen LogP contribution in [0.1, 0.15) is 29.8 Å². The molecule has 3 aromatic heterocycles. The van der Waals surface area contributed by atoms with Gasteiger partial charge in [0.2, 0.25) is 0 Å². The Bertz CT molecular complexity index is 1000. The summed E-state index contributed by atoms with van der Waals surface area (Å²) in [6.45, 7) is 1.50. The van der Waals surface area contributed by atoms with Gasteiger partial charge in [-0.2, -0.15) is 0 Å². The predicted octanol–water partition coefficient (Wildman–Crippen LogP) is 3.87. The fraction of sp³-hybridized carbons (Fsp3) is 0.250. The number of thiazole rings is 1. The first kappa shape index (κ1) is 19.0. The Balaban J connectivity index is 1.39. The van der Waals surface area contributed by atoms with E-state index in [0.717, 1.165) is 42.9 Å². The highest BCUT2D eigenvalue weighted by Crippen LogP contribution is 2.25. The van der Waals surface area contributed by atoms with Crippen LogP contribution in [0.4, 0.5) is 16.4 Å². The highest BCUT2D eigenvalue weighted by Gasteiger charge is 2.19. The Kier molecular flexibility index (Phi) is 5.76. The molecule has 0 atom stereocenters. The normalized spacial score (nSPS) is 13.7. The molecule has 0 spiro atoms. The van der Waals surface area contributed by atoms with Crippen LogP contribution in [0.25, 0.3) is 10.6 Å². The maximum absolute atomic E-state index is 12.6. The summed E-state index contributed by atoms with van der Waals surface area (Å²) < 4.78 is 0. The van der Waals surface area contributed by atoms with Crippen molar-refractivity contribution in [2.24, 2.45) is 0 Å². The van der Waals surface area contributed by atoms with Crippen LogP contribution in [0.15, 0.2) is 48.1 Å². The standard InChI is InChI=1S/C20H20N6O2S/c27-19(26-10-2-1-3-11-26)15-7-4-8-16(22-15)24-20(28)25-17-13-29-18(23-17)14-6-5-9-21-12-14/h4-9,12-13H,1-3,10-11H2,(H2,22,24,25,28). The highest BCUT2D eigenvalue weighted by atomic mass is 32.1. The summed E-state index contributed by atoms with van der Waals surface area (Å²) >= 11 is 1.41. The third-order valence-corrected chi connectivity index (χ3v) is 5.40. The molecule has 0 aromatic carbocycles. The number of carbonyl (C=O) groups excluding carboxylic acids is 2. The number of piperidine rings is 1. The summed E-state index contributed by atoms with van der Waals surface area (Å²) in [7, 11) is 0. The van der Waals surface area contributed by atoms with Crippen molar-refractivity contribution in [2.75, 3.05) is 23.7 Å². The number of nitrogens with zero attached hydrogens (tertiary/aromatic N) is 4. The monoisotopic (exact) mass is 408 g/mol. The lowest BCUT2D eigenvalue weighted by Crippen LogP contribution is -2.36. The summed E-state index contributed by atoms with van der Waals surface area (Å²) in [5.74, 6) is 0.648. The number of anilines is 2. The molecular weight excluding hydrogens is 388 g/mol. The van der Waals surface area contributed by atoms with E-state index < -0.39 is 6.03 Å². The van der Waals surface area contributed by atoms with Crippen LogP contribution in [0.2, 0.25) is 0 Å². The van der Waals surface area contributed by atoms with Crippen molar-refractivity contribution in [3.8, 4) is 10.6 Å². The number of nitrogens with one attached hydrogen (secondary N) is 2. The summed E-state index contributed by atoms with van der Waals surface area (Å²) in [6, 6.07) is 8.30. The Morgan fingerprint density at radius 3 is 2.59 bits per heavy atom. The lowest BCUT2D eigenvalue weighted by Gasteiger charge is -2.26. The van der Waals surface area contributed by atoms with Crippen LogP contribution in [0.5, 0.6) is 0 Å². The molecule has 1 aliphatic heterocycles. The molecule has 4 rings (SSSR count). The highest BCUT2D eigenvalue weighted by molar-refractivity contribution is 7.13. The first-order valence-electron chi connectivity index (χ1n) is 9.39. The third kappa shape index (κ3) is 4.75. The van der Waals surface area contributed by atoms with Crippen LogP contribution in [0.3, 0.4) is 0 Å². The molecule has 0 aliphatic carbocycles. The summed E-state index contributed by atoms with van der Waals surface area (Å²) in [4.78, 5) is 39.5. The average molecular weight is 408 g/mol. The van der Waals surface area contributed by atoms with Crippen LogP contribution in [-0.4, -0.2) is 44.9 Å². The largest absolute Gasteiger partial charge is 0.337 e. The second-order valence-corrected chi connectivity index (χ2v) is 7.48. The number of likely N-dealkylation sites (tertiary alicyclic amines) is 1.